The first-order valence-electron chi connectivity index (χ1n) is 7.57. The van der Waals surface area contributed by atoms with Gasteiger partial charge in [-0.1, -0.05) is 67.6 Å². The van der Waals surface area contributed by atoms with Crippen molar-refractivity contribution in [1.82, 2.24) is 0 Å². The van der Waals surface area contributed by atoms with Crippen molar-refractivity contribution < 1.29 is 9.47 Å². The minimum atomic E-state index is -0.223. The first-order chi connectivity index (χ1) is 10.2. The molecule has 21 heavy (non-hydrogen) atoms. The molecule has 2 aromatic rings. The summed E-state index contributed by atoms with van der Waals surface area (Å²) in [7, 11) is 0. The van der Waals surface area contributed by atoms with E-state index in [1.54, 1.807) is 0 Å². The van der Waals surface area contributed by atoms with Gasteiger partial charge in [0.2, 0.25) is 0 Å². The van der Waals surface area contributed by atoms with Crippen molar-refractivity contribution >= 4 is 0 Å². The van der Waals surface area contributed by atoms with E-state index in [-0.39, 0.29) is 11.2 Å². The SMILES string of the molecule is CC[C@]1(COCc2ccccc2)O[C@]1(C)c1ccccc1. The average molecular weight is 282 g/mol. The number of epoxide rings is 1. The van der Waals surface area contributed by atoms with Crippen LogP contribution < -0.4 is 0 Å². The van der Waals surface area contributed by atoms with Crippen LogP contribution in [0.5, 0.6) is 0 Å². The predicted octanol–water partition coefficient (Wildman–Crippen LogP) is 4.30. The van der Waals surface area contributed by atoms with E-state index in [1.165, 1.54) is 11.1 Å². The Hall–Kier alpha value is -1.64. The van der Waals surface area contributed by atoms with Gasteiger partial charge in [0.15, 0.2) is 0 Å². The second-order valence-corrected chi connectivity index (χ2v) is 5.83. The molecule has 0 radical (unpaired) electrons. The van der Waals surface area contributed by atoms with E-state index < -0.39 is 0 Å². The molecule has 0 bridgehead atoms. The van der Waals surface area contributed by atoms with Gasteiger partial charge in [0.25, 0.3) is 0 Å². The highest BCUT2D eigenvalue weighted by molar-refractivity contribution is 5.32. The molecule has 2 nitrogen and oxygen atoms in total. The minimum Gasteiger partial charge on any atom is -0.374 e. The fourth-order valence-corrected chi connectivity index (χ4v) is 3.03. The van der Waals surface area contributed by atoms with Gasteiger partial charge < -0.3 is 9.47 Å². The molecule has 2 aromatic carbocycles. The third-order valence-corrected chi connectivity index (χ3v) is 4.57. The van der Waals surface area contributed by atoms with Crippen molar-refractivity contribution in [3.8, 4) is 0 Å². The summed E-state index contributed by atoms with van der Waals surface area (Å²) >= 11 is 0. The van der Waals surface area contributed by atoms with E-state index in [1.807, 2.05) is 24.3 Å². The Balaban J connectivity index is 1.64. The third-order valence-electron chi connectivity index (χ3n) is 4.57. The quantitative estimate of drug-likeness (QED) is 0.737. The van der Waals surface area contributed by atoms with Gasteiger partial charge in [-0.25, -0.2) is 0 Å². The summed E-state index contributed by atoms with van der Waals surface area (Å²) in [4.78, 5) is 0. The molecule has 1 saturated heterocycles. The van der Waals surface area contributed by atoms with E-state index in [9.17, 15) is 0 Å². The summed E-state index contributed by atoms with van der Waals surface area (Å²) in [6.45, 7) is 5.60. The van der Waals surface area contributed by atoms with Crippen LogP contribution in [-0.2, 0) is 21.7 Å². The lowest BCUT2D eigenvalue weighted by atomic mass is 9.86. The van der Waals surface area contributed by atoms with E-state index in [2.05, 4.69) is 50.2 Å². The van der Waals surface area contributed by atoms with Crippen LogP contribution in [0.25, 0.3) is 0 Å². The summed E-state index contributed by atoms with van der Waals surface area (Å²) in [5.74, 6) is 0. The van der Waals surface area contributed by atoms with Gasteiger partial charge in [-0.2, -0.15) is 0 Å². The maximum Gasteiger partial charge on any atom is 0.125 e. The van der Waals surface area contributed by atoms with Gasteiger partial charge in [-0.15, -0.1) is 0 Å². The molecular formula is C19H22O2. The summed E-state index contributed by atoms with van der Waals surface area (Å²) < 4.78 is 12.1. The van der Waals surface area contributed by atoms with Crippen LogP contribution in [0.2, 0.25) is 0 Å². The monoisotopic (exact) mass is 282 g/mol. The standard InChI is InChI=1S/C19H22O2/c1-3-19(15-20-14-16-10-6-4-7-11-16)18(2,21-19)17-12-8-5-9-13-17/h4-13H,3,14-15H2,1-2H3/t18-,19-/m1/s1. The molecule has 2 atom stereocenters. The number of hydrogen-bond donors (Lipinski definition) is 0. The Morgan fingerprint density at radius 3 is 2.19 bits per heavy atom. The molecule has 0 spiro atoms. The van der Waals surface area contributed by atoms with Crippen LogP contribution in [0.15, 0.2) is 60.7 Å². The molecule has 0 saturated carbocycles. The van der Waals surface area contributed by atoms with Crippen LogP contribution in [0.3, 0.4) is 0 Å². The van der Waals surface area contributed by atoms with E-state index in [4.69, 9.17) is 9.47 Å². The molecule has 0 aliphatic carbocycles. The highest BCUT2D eigenvalue weighted by Crippen LogP contribution is 2.57. The Bertz CT molecular complexity index is 581. The summed E-state index contributed by atoms with van der Waals surface area (Å²) in [5, 5.41) is 0. The zero-order valence-electron chi connectivity index (χ0n) is 12.7. The maximum absolute atomic E-state index is 6.14. The molecule has 1 heterocycles. The second-order valence-electron chi connectivity index (χ2n) is 5.83. The van der Waals surface area contributed by atoms with E-state index in [0.717, 1.165) is 6.42 Å². The van der Waals surface area contributed by atoms with Crippen LogP contribution in [0, 0.1) is 0 Å². The number of benzene rings is 2. The lowest BCUT2D eigenvalue weighted by Gasteiger charge is -2.16. The van der Waals surface area contributed by atoms with Crippen LogP contribution in [0.4, 0.5) is 0 Å². The molecule has 0 aromatic heterocycles. The minimum absolute atomic E-state index is 0.191. The highest BCUT2D eigenvalue weighted by Gasteiger charge is 2.66. The zero-order valence-corrected chi connectivity index (χ0v) is 12.7. The predicted molar refractivity (Wildman–Crippen MR) is 84.0 cm³/mol. The van der Waals surface area contributed by atoms with Crippen molar-refractivity contribution in [2.24, 2.45) is 0 Å². The van der Waals surface area contributed by atoms with Gasteiger partial charge in [-0.05, 0) is 24.5 Å². The Morgan fingerprint density at radius 2 is 1.57 bits per heavy atom. The topological polar surface area (TPSA) is 21.8 Å². The van der Waals surface area contributed by atoms with Gasteiger partial charge >= 0.3 is 0 Å². The van der Waals surface area contributed by atoms with Crippen LogP contribution >= 0.6 is 0 Å². The normalized spacial score (nSPS) is 27.5. The van der Waals surface area contributed by atoms with E-state index in [0.29, 0.717) is 13.2 Å². The van der Waals surface area contributed by atoms with Crippen LogP contribution in [0.1, 0.15) is 31.4 Å². The largest absolute Gasteiger partial charge is 0.374 e. The van der Waals surface area contributed by atoms with Crippen LogP contribution in [-0.4, -0.2) is 12.2 Å². The number of hydrogen-bond acceptors (Lipinski definition) is 2. The Morgan fingerprint density at radius 1 is 0.952 bits per heavy atom. The van der Waals surface area contributed by atoms with Gasteiger partial charge in [0, 0.05) is 0 Å². The summed E-state index contributed by atoms with van der Waals surface area (Å²) in [6, 6.07) is 20.7. The molecular weight excluding hydrogens is 260 g/mol. The first kappa shape index (κ1) is 14.3. The number of rotatable bonds is 6. The first-order valence-corrected chi connectivity index (χ1v) is 7.57. The molecule has 2 heteroatoms. The molecule has 0 unspecified atom stereocenters. The summed E-state index contributed by atoms with van der Waals surface area (Å²) in [6.07, 6.45) is 0.952. The molecule has 0 N–H and O–H groups in total. The van der Waals surface area contributed by atoms with Gasteiger partial charge in [-0.3, -0.25) is 0 Å². The molecule has 3 rings (SSSR count). The second kappa shape index (κ2) is 5.63. The zero-order chi connectivity index (χ0) is 14.8. The molecule has 0 amide bonds. The highest BCUT2D eigenvalue weighted by atomic mass is 16.7. The van der Waals surface area contributed by atoms with Gasteiger partial charge in [0.1, 0.15) is 11.2 Å². The fourth-order valence-electron chi connectivity index (χ4n) is 3.03. The molecule has 1 fully saturated rings. The van der Waals surface area contributed by atoms with E-state index >= 15 is 0 Å². The third kappa shape index (κ3) is 2.61. The molecule has 1 aliphatic heterocycles. The fraction of sp³-hybridized carbons (Fsp3) is 0.368. The van der Waals surface area contributed by atoms with Crippen molar-refractivity contribution in [3.63, 3.8) is 0 Å². The molecule has 110 valence electrons. The lowest BCUT2D eigenvalue weighted by Crippen LogP contribution is -2.26. The Labute approximate surface area is 126 Å². The maximum atomic E-state index is 6.14. The van der Waals surface area contributed by atoms with Crippen molar-refractivity contribution in [2.45, 2.75) is 38.1 Å². The smallest absolute Gasteiger partial charge is 0.125 e. The van der Waals surface area contributed by atoms with Gasteiger partial charge in [0.05, 0.1) is 13.2 Å². The molecule has 1 aliphatic rings. The Kier molecular flexibility index (Phi) is 3.83. The average Bonchev–Trinajstić information content (AvgIpc) is 3.16. The van der Waals surface area contributed by atoms with Crippen molar-refractivity contribution in [1.29, 1.82) is 0 Å². The van der Waals surface area contributed by atoms with Crippen molar-refractivity contribution in [2.75, 3.05) is 6.61 Å². The lowest BCUT2D eigenvalue weighted by molar-refractivity contribution is 0.0661. The van der Waals surface area contributed by atoms with Crippen molar-refractivity contribution in [3.05, 3.63) is 71.8 Å². The number of ether oxygens (including phenoxy) is 2. The summed E-state index contributed by atoms with van der Waals surface area (Å²) in [5.41, 5.74) is 2.02.